The maximum atomic E-state index is 13.0. The molecular weight excluding hydrogens is 394 g/mol. The first-order valence-electron chi connectivity index (χ1n) is 8.90. The first-order valence-corrected chi connectivity index (χ1v) is 9.28. The first-order chi connectivity index (χ1) is 13.9. The Balaban J connectivity index is 1.54. The van der Waals surface area contributed by atoms with Gasteiger partial charge in [0, 0.05) is 10.6 Å². The molecular formula is C21H18ClN3O4. The van der Waals surface area contributed by atoms with Crippen molar-refractivity contribution < 1.29 is 18.7 Å². The zero-order chi connectivity index (χ0) is 20.6. The van der Waals surface area contributed by atoms with E-state index in [1.807, 2.05) is 0 Å². The molecule has 8 heteroatoms. The number of ether oxygens (including phenoxy) is 1. The van der Waals surface area contributed by atoms with E-state index in [4.69, 9.17) is 20.8 Å². The minimum atomic E-state index is -1.17. The van der Waals surface area contributed by atoms with Gasteiger partial charge < -0.3 is 14.5 Å². The molecule has 29 heavy (non-hydrogen) atoms. The van der Waals surface area contributed by atoms with Crippen LogP contribution in [0.1, 0.15) is 18.4 Å². The number of amides is 3. The van der Waals surface area contributed by atoms with E-state index in [0.29, 0.717) is 22.1 Å². The van der Waals surface area contributed by atoms with E-state index in [1.165, 1.54) is 0 Å². The standard InChI is InChI=1S/C21H18ClN3O4/c1-21(14-5-9-16(28-2)10-6-14)19(26)25(20(27)24-21)12-18-23-11-17(29-18)13-3-7-15(22)8-4-13/h3-11H,12H2,1-2H3,(H,24,27). The lowest BCUT2D eigenvalue weighted by Gasteiger charge is -2.22. The topological polar surface area (TPSA) is 84.7 Å². The summed E-state index contributed by atoms with van der Waals surface area (Å²) < 4.78 is 10.9. The number of imide groups is 1. The maximum Gasteiger partial charge on any atom is 0.325 e. The van der Waals surface area contributed by atoms with Gasteiger partial charge in [-0.25, -0.2) is 9.78 Å². The minimum absolute atomic E-state index is 0.0655. The van der Waals surface area contributed by atoms with E-state index >= 15 is 0 Å². The van der Waals surface area contributed by atoms with Crippen molar-refractivity contribution in [3.05, 3.63) is 71.2 Å². The fourth-order valence-electron chi connectivity index (χ4n) is 3.23. The summed E-state index contributed by atoms with van der Waals surface area (Å²) in [6.07, 6.45) is 1.56. The molecule has 7 nitrogen and oxygen atoms in total. The molecule has 1 fully saturated rings. The van der Waals surface area contributed by atoms with Gasteiger partial charge in [-0.1, -0.05) is 23.7 Å². The number of hydrogen-bond acceptors (Lipinski definition) is 5. The molecule has 0 radical (unpaired) electrons. The van der Waals surface area contributed by atoms with Crippen LogP contribution in [-0.2, 0) is 16.9 Å². The van der Waals surface area contributed by atoms with E-state index < -0.39 is 11.6 Å². The van der Waals surface area contributed by atoms with Crippen molar-refractivity contribution in [3.63, 3.8) is 0 Å². The number of oxazole rings is 1. The van der Waals surface area contributed by atoms with Gasteiger partial charge >= 0.3 is 6.03 Å². The predicted octanol–water partition coefficient (Wildman–Crippen LogP) is 3.97. The molecule has 4 rings (SSSR count). The molecule has 1 aliphatic rings. The number of methoxy groups -OCH3 is 1. The van der Waals surface area contributed by atoms with E-state index in [9.17, 15) is 9.59 Å². The number of carbonyl (C=O) groups is 2. The number of aromatic nitrogens is 1. The summed E-state index contributed by atoms with van der Waals surface area (Å²) in [5.74, 6) is 1.08. The van der Waals surface area contributed by atoms with Crippen molar-refractivity contribution >= 4 is 23.5 Å². The summed E-state index contributed by atoms with van der Waals surface area (Å²) >= 11 is 5.90. The molecule has 1 aromatic heterocycles. The van der Waals surface area contributed by atoms with Gasteiger partial charge in [0.25, 0.3) is 5.91 Å². The molecule has 1 aliphatic heterocycles. The van der Waals surface area contributed by atoms with Crippen molar-refractivity contribution in [1.29, 1.82) is 0 Å². The van der Waals surface area contributed by atoms with Crippen LogP contribution in [0, 0.1) is 0 Å². The third kappa shape index (κ3) is 3.45. The number of rotatable bonds is 5. The van der Waals surface area contributed by atoms with Crippen molar-refractivity contribution in [1.82, 2.24) is 15.2 Å². The molecule has 1 unspecified atom stereocenters. The summed E-state index contributed by atoms with van der Waals surface area (Å²) in [5, 5.41) is 3.38. The molecule has 148 valence electrons. The van der Waals surface area contributed by atoms with Gasteiger partial charge in [-0.05, 0) is 48.9 Å². The molecule has 2 aromatic carbocycles. The summed E-state index contributed by atoms with van der Waals surface area (Å²) in [7, 11) is 1.57. The zero-order valence-electron chi connectivity index (χ0n) is 15.8. The quantitative estimate of drug-likeness (QED) is 0.642. The molecule has 0 aliphatic carbocycles. The highest BCUT2D eigenvalue weighted by molar-refractivity contribution is 6.30. The van der Waals surface area contributed by atoms with Gasteiger partial charge in [0.2, 0.25) is 5.89 Å². The predicted molar refractivity (Wildman–Crippen MR) is 106 cm³/mol. The fourth-order valence-corrected chi connectivity index (χ4v) is 3.35. The molecule has 3 aromatic rings. The average molecular weight is 412 g/mol. The highest BCUT2D eigenvalue weighted by Crippen LogP contribution is 2.31. The smallest absolute Gasteiger partial charge is 0.325 e. The Morgan fingerprint density at radius 2 is 1.83 bits per heavy atom. The Morgan fingerprint density at radius 3 is 2.48 bits per heavy atom. The van der Waals surface area contributed by atoms with E-state index in [2.05, 4.69) is 10.3 Å². The zero-order valence-corrected chi connectivity index (χ0v) is 16.6. The number of nitrogens with one attached hydrogen (secondary N) is 1. The van der Waals surface area contributed by atoms with Gasteiger partial charge in [-0.3, -0.25) is 9.69 Å². The normalized spacial score (nSPS) is 18.8. The summed E-state index contributed by atoms with van der Waals surface area (Å²) in [6, 6.07) is 13.6. The van der Waals surface area contributed by atoms with Gasteiger partial charge in [-0.2, -0.15) is 0 Å². The lowest BCUT2D eigenvalue weighted by atomic mass is 9.92. The molecule has 1 saturated heterocycles. The molecule has 0 saturated carbocycles. The summed E-state index contributed by atoms with van der Waals surface area (Å²) in [5.41, 5.74) is 0.288. The number of benzene rings is 2. The highest BCUT2D eigenvalue weighted by atomic mass is 35.5. The third-order valence-corrected chi connectivity index (χ3v) is 5.17. The molecule has 1 atom stereocenters. The Morgan fingerprint density at radius 1 is 1.14 bits per heavy atom. The number of halogens is 1. The molecule has 0 bridgehead atoms. The van der Waals surface area contributed by atoms with Crippen LogP contribution < -0.4 is 10.1 Å². The SMILES string of the molecule is COc1ccc(C2(C)NC(=O)N(Cc3ncc(-c4ccc(Cl)cc4)o3)C2=O)cc1. The van der Waals surface area contributed by atoms with Crippen molar-refractivity contribution in [2.75, 3.05) is 7.11 Å². The van der Waals surface area contributed by atoms with Crippen LogP contribution in [0.2, 0.25) is 5.02 Å². The second-order valence-electron chi connectivity index (χ2n) is 6.80. The Kier molecular flexibility index (Phi) is 4.76. The van der Waals surface area contributed by atoms with Gasteiger partial charge in [0.05, 0.1) is 13.3 Å². The Bertz CT molecular complexity index is 1060. The van der Waals surface area contributed by atoms with Crippen molar-refractivity contribution in [2.24, 2.45) is 0 Å². The monoisotopic (exact) mass is 411 g/mol. The van der Waals surface area contributed by atoms with Crippen LogP contribution in [0.4, 0.5) is 4.79 Å². The van der Waals surface area contributed by atoms with Gasteiger partial charge in [0.1, 0.15) is 17.8 Å². The van der Waals surface area contributed by atoms with Crippen LogP contribution in [0.3, 0.4) is 0 Å². The lowest BCUT2D eigenvalue weighted by Crippen LogP contribution is -2.40. The Hall–Kier alpha value is -3.32. The molecule has 1 N–H and O–H groups in total. The minimum Gasteiger partial charge on any atom is -0.497 e. The van der Waals surface area contributed by atoms with Crippen LogP contribution in [0.15, 0.2) is 59.1 Å². The molecule has 0 spiro atoms. The highest BCUT2D eigenvalue weighted by Gasteiger charge is 2.49. The van der Waals surface area contributed by atoms with E-state index in [1.54, 1.807) is 68.8 Å². The van der Waals surface area contributed by atoms with Gasteiger partial charge in [-0.15, -0.1) is 0 Å². The third-order valence-electron chi connectivity index (χ3n) is 4.92. The van der Waals surface area contributed by atoms with Gasteiger partial charge in [0.15, 0.2) is 5.76 Å². The number of hydrogen-bond donors (Lipinski definition) is 1. The fraction of sp³-hybridized carbons (Fsp3) is 0.190. The second-order valence-corrected chi connectivity index (χ2v) is 7.24. The van der Waals surface area contributed by atoms with E-state index in [0.717, 1.165) is 10.5 Å². The maximum absolute atomic E-state index is 13.0. The molecule has 3 amide bonds. The van der Waals surface area contributed by atoms with E-state index in [-0.39, 0.29) is 18.3 Å². The van der Waals surface area contributed by atoms with Crippen molar-refractivity contribution in [3.8, 4) is 17.1 Å². The summed E-state index contributed by atoms with van der Waals surface area (Å²) in [6.45, 7) is 1.60. The van der Waals surface area contributed by atoms with Crippen LogP contribution in [-0.4, -0.2) is 28.9 Å². The van der Waals surface area contributed by atoms with Crippen molar-refractivity contribution in [2.45, 2.75) is 19.0 Å². The number of carbonyl (C=O) groups excluding carboxylic acids is 2. The second kappa shape index (κ2) is 7.25. The Labute approximate surface area is 172 Å². The van der Waals surface area contributed by atoms with Crippen LogP contribution in [0.5, 0.6) is 5.75 Å². The lowest BCUT2D eigenvalue weighted by molar-refractivity contribution is -0.131. The van der Waals surface area contributed by atoms with Crippen LogP contribution in [0.25, 0.3) is 11.3 Å². The first kappa shape index (κ1) is 19.0. The average Bonchev–Trinajstić information content (AvgIpc) is 3.28. The largest absolute Gasteiger partial charge is 0.497 e. The van der Waals surface area contributed by atoms with Crippen LogP contribution >= 0.6 is 11.6 Å². The number of urea groups is 1. The summed E-state index contributed by atoms with van der Waals surface area (Å²) in [4.78, 5) is 30.8. The number of nitrogens with zero attached hydrogens (tertiary/aromatic N) is 2. The molecule has 2 heterocycles.